The number of hydrogen-bond donors (Lipinski definition) is 2. The summed E-state index contributed by atoms with van der Waals surface area (Å²) in [6.45, 7) is 0.170. The van der Waals surface area contributed by atoms with Crippen LogP contribution in [0, 0.1) is 5.82 Å². The summed E-state index contributed by atoms with van der Waals surface area (Å²) in [4.78, 5) is 26.1. The van der Waals surface area contributed by atoms with Crippen molar-refractivity contribution in [2.45, 2.75) is 44.7 Å². The molecule has 0 unspecified atom stereocenters. The van der Waals surface area contributed by atoms with Crippen LogP contribution in [0.1, 0.15) is 48.0 Å². The molecule has 0 aliphatic heterocycles. The number of fused-ring (bicyclic) bond motifs is 1. The van der Waals surface area contributed by atoms with E-state index in [1.807, 2.05) is 0 Å². The lowest BCUT2D eigenvalue weighted by molar-refractivity contribution is 0.0923. The molecule has 2 aromatic carbocycles. The van der Waals surface area contributed by atoms with Crippen LogP contribution in [0.3, 0.4) is 0 Å². The van der Waals surface area contributed by atoms with Crippen LogP contribution < -0.4 is 10.9 Å². The Bertz CT molecular complexity index is 1100. The highest BCUT2D eigenvalue weighted by Gasteiger charge is 2.25. The van der Waals surface area contributed by atoms with Gasteiger partial charge in [0, 0.05) is 11.4 Å². The van der Waals surface area contributed by atoms with Gasteiger partial charge in [-0.25, -0.2) is 4.39 Å². The largest absolute Gasteiger partial charge is 0.506 e. The fourth-order valence-electron chi connectivity index (χ4n) is 4.03. The molecule has 1 fully saturated rings. The Hall–Kier alpha value is -3.15. The number of halogens is 1. The molecule has 0 atom stereocenters. The van der Waals surface area contributed by atoms with Crippen molar-refractivity contribution in [2.24, 2.45) is 0 Å². The van der Waals surface area contributed by atoms with Gasteiger partial charge < -0.3 is 15.0 Å². The normalized spacial score (nSPS) is 14.8. The lowest BCUT2D eigenvalue weighted by Gasteiger charge is -2.23. The van der Waals surface area contributed by atoms with Crippen LogP contribution in [0.5, 0.6) is 5.75 Å². The molecular weight excluding hydrogens is 371 g/mol. The van der Waals surface area contributed by atoms with E-state index in [1.165, 1.54) is 16.7 Å². The Morgan fingerprint density at radius 1 is 1.07 bits per heavy atom. The zero-order chi connectivity index (χ0) is 20.4. The number of aromatic nitrogens is 1. The molecule has 1 aromatic heterocycles. The van der Waals surface area contributed by atoms with Crippen LogP contribution in [0.25, 0.3) is 10.9 Å². The number of carbonyl (C=O) groups is 1. The molecule has 1 aliphatic carbocycles. The molecule has 2 N–H and O–H groups in total. The lowest BCUT2D eigenvalue weighted by Crippen LogP contribution is -2.40. The number of nitrogens with zero attached hydrogens (tertiary/aromatic N) is 1. The van der Waals surface area contributed by atoms with Crippen molar-refractivity contribution in [2.75, 3.05) is 0 Å². The maximum Gasteiger partial charge on any atom is 0.268 e. The van der Waals surface area contributed by atoms with Crippen molar-refractivity contribution < 1.29 is 14.3 Å². The zero-order valence-electron chi connectivity index (χ0n) is 16.0. The first kappa shape index (κ1) is 19.2. The van der Waals surface area contributed by atoms with Crippen LogP contribution in [0.4, 0.5) is 4.39 Å². The average Bonchev–Trinajstić information content (AvgIpc) is 2.73. The van der Waals surface area contributed by atoms with Gasteiger partial charge in [0.05, 0.1) is 12.1 Å². The number of aromatic hydroxyl groups is 1. The number of carbonyl (C=O) groups excluding carboxylic acids is 1. The second-order valence-electron chi connectivity index (χ2n) is 7.57. The van der Waals surface area contributed by atoms with Crippen molar-refractivity contribution in [3.63, 3.8) is 0 Å². The summed E-state index contributed by atoms with van der Waals surface area (Å²) < 4.78 is 14.7. The summed E-state index contributed by atoms with van der Waals surface area (Å²) in [5.74, 6) is -1.20. The smallest absolute Gasteiger partial charge is 0.268 e. The SMILES string of the molecule is O=C(NC1CCCCC1)c1c(O)c2ccccc2n(Cc2ccc(F)cc2)c1=O. The van der Waals surface area contributed by atoms with Crippen molar-refractivity contribution in [3.05, 3.63) is 75.8 Å². The number of nitrogens with one attached hydrogen (secondary N) is 1. The van der Waals surface area contributed by atoms with E-state index in [1.54, 1.807) is 36.4 Å². The van der Waals surface area contributed by atoms with Crippen molar-refractivity contribution in [1.29, 1.82) is 0 Å². The Morgan fingerprint density at radius 2 is 1.76 bits per heavy atom. The van der Waals surface area contributed by atoms with Crippen LogP contribution in [-0.2, 0) is 6.54 Å². The van der Waals surface area contributed by atoms with Crippen LogP contribution in [0.2, 0.25) is 0 Å². The minimum absolute atomic E-state index is 0.0204. The molecule has 4 rings (SSSR count). The quantitative estimate of drug-likeness (QED) is 0.704. The van der Waals surface area contributed by atoms with Gasteiger partial charge in [-0.3, -0.25) is 9.59 Å². The molecule has 1 saturated carbocycles. The summed E-state index contributed by atoms with van der Waals surface area (Å²) >= 11 is 0. The molecule has 5 nitrogen and oxygen atoms in total. The number of rotatable bonds is 4. The standard InChI is InChI=1S/C23H23FN2O3/c24-16-12-10-15(11-13-16)14-26-19-9-5-4-8-18(19)21(27)20(23(26)29)22(28)25-17-6-2-1-3-7-17/h4-5,8-13,17,27H,1-3,6-7,14H2,(H,25,28). The highest BCUT2D eigenvalue weighted by molar-refractivity contribution is 6.02. The summed E-state index contributed by atoms with van der Waals surface area (Å²) in [5.41, 5.74) is 0.451. The second-order valence-corrected chi connectivity index (χ2v) is 7.57. The van der Waals surface area contributed by atoms with Crippen LogP contribution >= 0.6 is 0 Å². The maximum absolute atomic E-state index is 13.2. The van der Waals surface area contributed by atoms with Crippen LogP contribution in [0.15, 0.2) is 53.3 Å². The Kier molecular flexibility index (Phi) is 5.34. The van der Waals surface area contributed by atoms with E-state index in [4.69, 9.17) is 0 Å². The first-order valence-corrected chi connectivity index (χ1v) is 9.94. The highest BCUT2D eigenvalue weighted by atomic mass is 19.1. The predicted molar refractivity (Wildman–Crippen MR) is 110 cm³/mol. The van der Waals surface area contributed by atoms with Crippen LogP contribution in [-0.4, -0.2) is 21.6 Å². The predicted octanol–water partition coefficient (Wildman–Crippen LogP) is 3.96. The summed E-state index contributed by atoms with van der Waals surface area (Å²) in [7, 11) is 0. The van der Waals surface area contributed by atoms with Gasteiger partial charge in [0.25, 0.3) is 11.5 Å². The molecule has 0 radical (unpaired) electrons. The molecular formula is C23H23FN2O3. The maximum atomic E-state index is 13.2. The molecule has 0 bridgehead atoms. The third-order valence-electron chi connectivity index (χ3n) is 5.57. The molecule has 29 heavy (non-hydrogen) atoms. The van der Waals surface area contributed by atoms with Gasteiger partial charge in [0.15, 0.2) is 0 Å². The van der Waals surface area contributed by atoms with Gasteiger partial charge in [0.2, 0.25) is 0 Å². The minimum atomic E-state index is -0.557. The number of hydrogen-bond acceptors (Lipinski definition) is 3. The first-order valence-electron chi connectivity index (χ1n) is 9.94. The summed E-state index contributed by atoms with van der Waals surface area (Å²) in [6, 6.07) is 12.8. The fraction of sp³-hybridized carbons (Fsp3) is 0.304. The number of pyridine rings is 1. The van der Waals surface area contributed by atoms with Gasteiger partial charge in [-0.05, 0) is 42.7 Å². The summed E-state index contributed by atoms with van der Waals surface area (Å²) in [6.07, 6.45) is 5.00. The van der Waals surface area contributed by atoms with E-state index in [2.05, 4.69) is 5.32 Å². The van der Waals surface area contributed by atoms with Crippen molar-refractivity contribution in [1.82, 2.24) is 9.88 Å². The molecule has 6 heteroatoms. The van der Waals surface area contributed by atoms with Crippen molar-refractivity contribution >= 4 is 16.8 Å². The van der Waals surface area contributed by atoms with E-state index in [0.717, 1.165) is 37.7 Å². The van der Waals surface area contributed by atoms with Gasteiger partial charge >= 0.3 is 0 Å². The van der Waals surface area contributed by atoms with E-state index in [9.17, 15) is 19.1 Å². The molecule has 3 aromatic rings. The monoisotopic (exact) mass is 394 g/mol. The molecule has 1 aliphatic rings. The lowest BCUT2D eigenvalue weighted by atomic mass is 9.95. The Balaban J connectivity index is 1.79. The molecule has 1 amide bonds. The minimum Gasteiger partial charge on any atom is -0.506 e. The topological polar surface area (TPSA) is 71.3 Å². The highest BCUT2D eigenvalue weighted by Crippen LogP contribution is 2.27. The molecule has 0 saturated heterocycles. The average molecular weight is 394 g/mol. The number of amides is 1. The van der Waals surface area contributed by atoms with Gasteiger partial charge in [0.1, 0.15) is 17.1 Å². The van der Waals surface area contributed by atoms with Gasteiger partial charge in [-0.1, -0.05) is 43.5 Å². The van der Waals surface area contributed by atoms with Gasteiger partial charge in [-0.2, -0.15) is 0 Å². The zero-order valence-corrected chi connectivity index (χ0v) is 16.0. The van der Waals surface area contributed by atoms with E-state index >= 15 is 0 Å². The van der Waals surface area contributed by atoms with Crippen molar-refractivity contribution in [3.8, 4) is 5.75 Å². The fourth-order valence-corrected chi connectivity index (χ4v) is 4.03. The summed E-state index contributed by atoms with van der Waals surface area (Å²) in [5, 5.41) is 14.1. The number of benzene rings is 2. The first-order chi connectivity index (χ1) is 14.0. The molecule has 1 heterocycles. The third kappa shape index (κ3) is 3.88. The molecule has 0 spiro atoms. The third-order valence-corrected chi connectivity index (χ3v) is 5.57. The van der Waals surface area contributed by atoms with Gasteiger partial charge in [-0.15, -0.1) is 0 Å². The second kappa shape index (κ2) is 8.07. The van der Waals surface area contributed by atoms with E-state index in [-0.39, 0.29) is 29.7 Å². The van der Waals surface area contributed by atoms with E-state index < -0.39 is 11.5 Å². The Labute approximate surface area is 167 Å². The Morgan fingerprint density at radius 3 is 2.48 bits per heavy atom. The number of para-hydroxylation sites is 1. The molecule has 150 valence electrons. The van der Waals surface area contributed by atoms with E-state index in [0.29, 0.717) is 10.9 Å².